The second-order valence-corrected chi connectivity index (χ2v) is 6.37. The van der Waals surface area contributed by atoms with Gasteiger partial charge in [-0.3, -0.25) is 4.72 Å². The van der Waals surface area contributed by atoms with Crippen LogP contribution in [-0.2, 0) is 10.0 Å². The minimum Gasteiger partial charge on any atom is -0.280 e. The Morgan fingerprint density at radius 1 is 0.950 bits per heavy atom. The normalized spacial score (nSPS) is 11.7. The minimum atomic E-state index is -3.59. The zero-order chi connectivity index (χ0) is 14.6. The van der Waals surface area contributed by atoms with Crippen LogP contribution in [0.3, 0.4) is 0 Å². The smallest absolute Gasteiger partial charge is 0.255 e. The van der Waals surface area contributed by atoms with Crippen LogP contribution in [0.1, 0.15) is 5.56 Å². The minimum absolute atomic E-state index is 0.291. The van der Waals surface area contributed by atoms with Crippen molar-refractivity contribution in [1.29, 1.82) is 0 Å². The van der Waals surface area contributed by atoms with E-state index in [0.29, 0.717) is 15.7 Å². The lowest BCUT2D eigenvalue weighted by molar-refractivity contribution is 0.609. The van der Waals surface area contributed by atoms with E-state index in [0.717, 1.165) is 11.0 Å². The van der Waals surface area contributed by atoms with Crippen LogP contribution in [0.2, 0.25) is 10.0 Å². The van der Waals surface area contributed by atoms with Gasteiger partial charge in [-0.15, -0.1) is 0 Å². The molecule has 0 spiro atoms. The summed E-state index contributed by atoms with van der Waals surface area (Å²) < 4.78 is 26.2. The van der Waals surface area contributed by atoms with E-state index in [4.69, 9.17) is 23.2 Å². The first-order valence-electron chi connectivity index (χ1n) is 5.67. The van der Waals surface area contributed by atoms with Crippen molar-refractivity contribution in [1.82, 2.24) is 0 Å². The summed E-state index contributed by atoms with van der Waals surface area (Å²) in [5, 5.41) is 1.76. The van der Waals surface area contributed by atoms with Crippen LogP contribution in [0.15, 0.2) is 53.9 Å². The molecule has 0 radical (unpaired) electrons. The van der Waals surface area contributed by atoms with Crippen LogP contribution in [0, 0.1) is 0 Å². The van der Waals surface area contributed by atoms with Crippen LogP contribution < -0.4 is 4.72 Å². The fourth-order valence-electron chi connectivity index (χ4n) is 1.49. The summed E-state index contributed by atoms with van der Waals surface area (Å²) in [7, 11) is -3.59. The third-order valence-corrected chi connectivity index (χ3v) is 4.17. The molecule has 0 aliphatic heterocycles. The van der Waals surface area contributed by atoms with E-state index >= 15 is 0 Å². The maximum Gasteiger partial charge on any atom is 0.255 e. The predicted molar refractivity (Wildman–Crippen MR) is 84.5 cm³/mol. The molecule has 2 rings (SSSR count). The molecule has 0 aromatic heterocycles. The van der Waals surface area contributed by atoms with Crippen LogP contribution in [-0.4, -0.2) is 8.42 Å². The van der Waals surface area contributed by atoms with Gasteiger partial charge in [0.05, 0.1) is 21.1 Å². The summed E-state index contributed by atoms with van der Waals surface area (Å²) >= 11 is 11.6. The van der Waals surface area contributed by atoms with Gasteiger partial charge in [0.25, 0.3) is 10.0 Å². The Balaban J connectivity index is 2.15. The van der Waals surface area contributed by atoms with Crippen molar-refractivity contribution in [2.75, 3.05) is 4.72 Å². The summed E-state index contributed by atoms with van der Waals surface area (Å²) in [4.78, 5) is 0. The highest BCUT2D eigenvalue weighted by Gasteiger charge is 2.07. The Morgan fingerprint density at radius 2 is 1.65 bits per heavy atom. The molecule has 3 nitrogen and oxygen atoms in total. The van der Waals surface area contributed by atoms with Gasteiger partial charge in [0, 0.05) is 0 Å². The number of halogens is 2. The number of benzene rings is 2. The van der Waals surface area contributed by atoms with E-state index in [1.807, 2.05) is 30.3 Å². The lowest BCUT2D eigenvalue weighted by Gasteiger charge is -2.05. The standard InChI is InChI=1S/C14H11Cl2NO2S/c15-13-7-6-12(10-14(13)16)17-20(18,19)9-8-11-4-2-1-3-5-11/h1-10,17H. The number of sulfonamides is 1. The van der Waals surface area contributed by atoms with Crippen molar-refractivity contribution in [3.05, 3.63) is 69.5 Å². The lowest BCUT2D eigenvalue weighted by Crippen LogP contribution is -2.08. The summed E-state index contributed by atoms with van der Waals surface area (Å²) in [5.41, 5.74) is 1.16. The highest BCUT2D eigenvalue weighted by Crippen LogP contribution is 2.25. The lowest BCUT2D eigenvalue weighted by atomic mass is 10.2. The number of nitrogens with one attached hydrogen (secondary N) is 1. The summed E-state index contributed by atoms with van der Waals surface area (Å²) in [5.74, 6) is 0. The van der Waals surface area contributed by atoms with E-state index in [1.54, 1.807) is 6.07 Å². The number of anilines is 1. The molecule has 0 aliphatic carbocycles. The third-order valence-electron chi connectivity index (χ3n) is 2.42. The molecule has 1 N–H and O–H groups in total. The van der Waals surface area contributed by atoms with Gasteiger partial charge in [-0.25, -0.2) is 8.42 Å². The highest BCUT2D eigenvalue weighted by molar-refractivity contribution is 7.95. The Bertz CT molecular complexity index is 728. The fraction of sp³-hybridized carbons (Fsp3) is 0. The van der Waals surface area contributed by atoms with Gasteiger partial charge in [0.15, 0.2) is 0 Å². The van der Waals surface area contributed by atoms with Crippen molar-refractivity contribution in [2.45, 2.75) is 0 Å². The van der Waals surface area contributed by atoms with Crippen molar-refractivity contribution >= 4 is 45.0 Å². The molecule has 6 heteroatoms. The molecule has 0 saturated heterocycles. The van der Waals surface area contributed by atoms with Crippen molar-refractivity contribution in [2.24, 2.45) is 0 Å². The Labute approximate surface area is 127 Å². The van der Waals surface area contributed by atoms with E-state index < -0.39 is 10.0 Å². The molecule has 2 aromatic rings. The van der Waals surface area contributed by atoms with Crippen LogP contribution in [0.25, 0.3) is 6.08 Å². The molecule has 0 aliphatic rings. The van der Waals surface area contributed by atoms with E-state index in [1.165, 1.54) is 18.2 Å². The van der Waals surface area contributed by atoms with Gasteiger partial charge < -0.3 is 0 Å². The Hall–Kier alpha value is -1.49. The van der Waals surface area contributed by atoms with E-state index in [9.17, 15) is 8.42 Å². The third kappa shape index (κ3) is 4.27. The summed E-state index contributed by atoms with van der Waals surface area (Å²) in [6.45, 7) is 0. The molecule has 0 heterocycles. The topological polar surface area (TPSA) is 46.2 Å². The van der Waals surface area contributed by atoms with Crippen LogP contribution >= 0.6 is 23.2 Å². The average molecular weight is 328 g/mol. The highest BCUT2D eigenvalue weighted by atomic mass is 35.5. The monoisotopic (exact) mass is 327 g/mol. The molecule has 104 valence electrons. The number of hydrogen-bond donors (Lipinski definition) is 1. The molecule has 0 amide bonds. The zero-order valence-corrected chi connectivity index (χ0v) is 12.6. The number of rotatable bonds is 4. The summed E-state index contributed by atoms with van der Waals surface area (Å²) in [6.07, 6.45) is 1.51. The maximum absolute atomic E-state index is 11.9. The molecule has 0 unspecified atom stereocenters. The molecule has 20 heavy (non-hydrogen) atoms. The van der Waals surface area contributed by atoms with Gasteiger partial charge in [0.2, 0.25) is 0 Å². The quantitative estimate of drug-likeness (QED) is 0.904. The van der Waals surface area contributed by atoms with Crippen molar-refractivity contribution in [3.63, 3.8) is 0 Å². The van der Waals surface area contributed by atoms with Crippen LogP contribution in [0.4, 0.5) is 5.69 Å². The van der Waals surface area contributed by atoms with E-state index in [2.05, 4.69) is 4.72 Å². The predicted octanol–water partition coefficient (Wildman–Crippen LogP) is 4.41. The second kappa shape index (κ2) is 6.31. The number of hydrogen-bond acceptors (Lipinski definition) is 2. The van der Waals surface area contributed by atoms with Crippen LogP contribution in [0.5, 0.6) is 0 Å². The molecule has 0 bridgehead atoms. The SMILES string of the molecule is O=S(=O)(C=Cc1ccccc1)Nc1ccc(Cl)c(Cl)c1. The van der Waals surface area contributed by atoms with Crippen molar-refractivity contribution < 1.29 is 8.42 Å². The fourth-order valence-corrected chi connectivity index (χ4v) is 2.65. The molecular weight excluding hydrogens is 317 g/mol. The van der Waals surface area contributed by atoms with Gasteiger partial charge >= 0.3 is 0 Å². The average Bonchev–Trinajstić information content (AvgIpc) is 2.42. The Morgan fingerprint density at radius 3 is 2.30 bits per heavy atom. The zero-order valence-electron chi connectivity index (χ0n) is 10.3. The first-order chi connectivity index (χ1) is 9.46. The molecule has 2 aromatic carbocycles. The van der Waals surface area contributed by atoms with Gasteiger partial charge in [0.1, 0.15) is 0 Å². The molecule has 0 saturated carbocycles. The van der Waals surface area contributed by atoms with Gasteiger partial charge in [-0.05, 0) is 29.8 Å². The Kier molecular flexibility index (Phi) is 4.70. The first kappa shape index (κ1) is 14.9. The molecular formula is C14H11Cl2NO2S. The largest absolute Gasteiger partial charge is 0.280 e. The van der Waals surface area contributed by atoms with E-state index in [-0.39, 0.29) is 0 Å². The summed E-state index contributed by atoms with van der Waals surface area (Å²) in [6, 6.07) is 13.7. The molecule has 0 atom stereocenters. The van der Waals surface area contributed by atoms with Gasteiger partial charge in [-0.2, -0.15) is 0 Å². The first-order valence-corrected chi connectivity index (χ1v) is 7.97. The molecule has 0 fully saturated rings. The second-order valence-electron chi connectivity index (χ2n) is 3.99. The van der Waals surface area contributed by atoms with Gasteiger partial charge in [-0.1, -0.05) is 53.5 Å². The van der Waals surface area contributed by atoms with Crippen molar-refractivity contribution in [3.8, 4) is 0 Å². The maximum atomic E-state index is 11.9.